The highest BCUT2D eigenvalue weighted by Crippen LogP contribution is 2.57. The van der Waals surface area contributed by atoms with Crippen molar-refractivity contribution in [2.24, 2.45) is 5.41 Å². The minimum Gasteiger partial charge on any atom is -0.384 e. The van der Waals surface area contributed by atoms with Gasteiger partial charge in [0, 0.05) is 57.7 Å². The minimum atomic E-state index is 0.192. The summed E-state index contributed by atoms with van der Waals surface area (Å²) in [4.78, 5) is 21.3. The molecule has 146 valence electrons. The zero-order valence-electron chi connectivity index (χ0n) is 15.9. The predicted molar refractivity (Wildman–Crippen MR) is 108 cm³/mol. The summed E-state index contributed by atoms with van der Waals surface area (Å²) in [5.41, 5.74) is 1.55. The van der Waals surface area contributed by atoms with Crippen LogP contribution in [0.2, 0.25) is 0 Å². The molecule has 27 heavy (non-hydrogen) atoms. The molecule has 0 radical (unpaired) electrons. The number of nitrogens with zero attached hydrogens (tertiary/aromatic N) is 4. The maximum Gasteiger partial charge on any atom is 0.220 e. The molecule has 2 aliphatic rings. The van der Waals surface area contributed by atoms with Crippen LogP contribution < -0.4 is 4.90 Å². The highest BCUT2D eigenvalue weighted by atomic mass is 32.1. The zero-order valence-corrected chi connectivity index (χ0v) is 17.5. The molecule has 2 fully saturated rings. The lowest BCUT2D eigenvalue weighted by atomic mass is 9.92. The molecule has 1 atom stereocenters. The average Bonchev–Trinajstić information content (AvgIpc) is 3.07. The highest BCUT2D eigenvalue weighted by Gasteiger charge is 2.58. The number of thiophene rings is 1. The van der Waals surface area contributed by atoms with Crippen molar-refractivity contribution in [2.45, 2.75) is 45.2 Å². The van der Waals surface area contributed by atoms with Crippen LogP contribution in [-0.4, -0.2) is 53.0 Å². The van der Waals surface area contributed by atoms with Gasteiger partial charge in [-0.05, 0) is 47.1 Å². The maximum atomic E-state index is 12.2. The van der Waals surface area contributed by atoms with Gasteiger partial charge in [-0.3, -0.25) is 4.79 Å². The topological polar surface area (TPSA) is 58.6 Å². The standard InChI is InChI=1S/C19H26N4O2S2/c1-14(24)23(12-15-4-10-26-13-15)16-11-19(16)5-7-22(8-6-19)18-20-17(21-27-18)3-9-25-2/h4,10,13,16H,3,5-9,11-12H2,1-2H3. The third-order valence-electron chi connectivity index (χ3n) is 5.88. The zero-order chi connectivity index (χ0) is 18.9. The lowest BCUT2D eigenvalue weighted by molar-refractivity contribution is -0.130. The van der Waals surface area contributed by atoms with E-state index in [4.69, 9.17) is 4.74 Å². The van der Waals surface area contributed by atoms with Crippen molar-refractivity contribution in [3.8, 4) is 0 Å². The van der Waals surface area contributed by atoms with Crippen molar-refractivity contribution in [3.05, 3.63) is 28.2 Å². The van der Waals surface area contributed by atoms with Gasteiger partial charge in [0.05, 0.1) is 6.61 Å². The van der Waals surface area contributed by atoms with Crippen molar-refractivity contribution >= 4 is 33.9 Å². The van der Waals surface area contributed by atoms with Crippen molar-refractivity contribution in [1.82, 2.24) is 14.3 Å². The van der Waals surface area contributed by atoms with E-state index in [1.807, 2.05) is 0 Å². The molecule has 0 bridgehead atoms. The molecule has 1 aliphatic heterocycles. The van der Waals surface area contributed by atoms with E-state index < -0.39 is 0 Å². The number of carbonyl (C=O) groups excluding carboxylic acids is 1. The third-order valence-corrected chi connectivity index (χ3v) is 7.42. The number of aromatic nitrogens is 2. The number of ether oxygens (including phenoxy) is 1. The molecule has 8 heteroatoms. The van der Waals surface area contributed by atoms with Gasteiger partial charge in [0.15, 0.2) is 0 Å². The van der Waals surface area contributed by atoms with Gasteiger partial charge in [0.2, 0.25) is 11.0 Å². The van der Waals surface area contributed by atoms with Crippen molar-refractivity contribution in [1.29, 1.82) is 0 Å². The number of hydrogen-bond acceptors (Lipinski definition) is 7. The Morgan fingerprint density at radius 2 is 2.26 bits per heavy atom. The molecular weight excluding hydrogens is 380 g/mol. The Balaban J connectivity index is 1.35. The first-order chi connectivity index (χ1) is 13.1. The Labute approximate surface area is 168 Å². The fourth-order valence-corrected chi connectivity index (χ4v) is 5.56. The summed E-state index contributed by atoms with van der Waals surface area (Å²) in [5, 5.41) is 5.25. The largest absolute Gasteiger partial charge is 0.384 e. The second kappa shape index (κ2) is 7.85. The molecule has 0 aromatic carbocycles. The molecule has 2 aromatic heterocycles. The van der Waals surface area contributed by atoms with Gasteiger partial charge in [-0.1, -0.05) is 0 Å². The van der Waals surface area contributed by atoms with E-state index >= 15 is 0 Å². The summed E-state index contributed by atoms with van der Waals surface area (Å²) in [6.07, 6.45) is 4.15. The van der Waals surface area contributed by atoms with E-state index in [-0.39, 0.29) is 5.91 Å². The normalized spacial score (nSPS) is 20.8. The first-order valence-electron chi connectivity index (χ1n) is 9.46. The summed E-state index contributed by atoms with van der Waals surface area (Å²) >= 11 is 3.18. The minimum absolute atomic E-state index is 0.192. The molecule has 1 saturated carbocycles. The van der Waals surface area contributed by atoms with Gasteiger partial charge in [-0.2, -0.15) is 15.7 Å². The second-order valence-corrected chi connectivity index (χ2v) is 9.09. The first kappa shape index (κ1) is 18.8. The number of rotatable bonds is 7. The van der Waals surface area contributed by atoms with Crippen LogP contribution in [0.5, 0.6) is 0 Å². The quantitative estimate of drug-likeness (QED) is 0.707. The number of carbonyl (C=O) groups is 1. The monoisotopic (exact) mass is 406 g/mol. The predicted octanol–water partition coefficient (Wildman–Crippen LogP) is 3.20. The molecular formula is C19H26N4O2S2. The average molecular weight is 407 g/mol. The van der Waals surface area contributed by atoms with Crippen LogP contribution in [0.25, 0.3) is 0 Å². The van der Waals surface area contributed by atoms with Crippen LogP contribution in [-0.2, 0) is 22.5 Å². The summed E-state index contributed by atoms with van der Waals surface area (Å²) in [5.74, 6) is 1.07. The van der Waals surface area contributed by atoms with Gasteiger partial charge < -0.3 is 14.5 Å². The molecule has 2 aromatic rings. The van der Waals surface area contributed by atoms with Crippen LogP contribution in [0.3, 0.4) is 0 Å². The lowest BCUT2D eigenvalue weighted by Gasteiger charge is -2.34. The van der Waals surface area contributed by atoms with E-state index in [2.05, 4.69) is 36.0 Å². The third kappa shape index (κ3) is 4.02. The molecule has 0 N–H and O–H groups in total. The number of methoxy groups -OCH3 is 1. The molecule has 1 unspecified atom stereocenters. The van der Waals surface area contributed by atoms with Crippen LogP contribution in [0.1, 0.15) is 37.6 Å². The van der Waals surface area contributed by atoms with Gasteiger partial charge in [0.25, 0.3) is 0 Å². The Bertz CT molecular complexity index is 769. The fraction of sp³-hybridized carbons (Fsp3) is 0.632. The molecule has 6 nitrogen and oxygen atoms in total. The second-order valence-electron chi connectivity index (χ2n) is 7.58. The van der Waals surface area contributed by atoms with Gasteiger partial charge >= 0.3 is 0 Å². The van der Waals surface area contributed by atoms with Crippen molar-refractivity contribution in [3.63, 3.8) is 0 Å². The van der Waals surface area contributed by atoms with Crippen LogP contribution in [0.4, 0.5) is 5.13 Å². The maximum absolute atomic E-state index is 12.2. The van der Waals surface area contributed by atoms with Gasteiger partial charge in [-0.25, -0.2) is 4.98 Å². The SMILES string of the molecule is COCCc1nsc(N2CCC3(CC2)CC3N(Cc2ccsc2)C(C)=O)n1. The fourth-order valence-electron chi connectivity index (χ4n) is 4.14. The molecule has 3 heterocycles. The van der Waals surface area contributed by atoms with E-state index in [0.29, 0.717) is 18.1 Å². The Morgan fingerprint density at radius 1 is 1.44 bits per heavy atom. The van der Waals surface area contributed by atoms with Crippen LogP contribution >= 0.6 is 22.9 Å². The number of amides is 1. The first-order valence-corrected chi connectivity index (χ1v) is 11.2. The summed E-state index contributed by atoms with van der Waals surface area (Å²) in [7, 11) is 1.70. The highest BCUT2D eigenvalue weighted by molar-refractivity contribution is 7.09. The van der Waals surface area contributed by atoms with E-state index in [1.54, 1.807) is 25.4 Å². The van der Waals surface area contributed by atoms with E-state index in [0.717, 1.165) is 56.3 Å². The number of hydrogen-bond donors (Lipinski definition) is 0. The number of anilines is 1. The van der Waals surface area contributed by atoms with Crippen molar-refractivity contribution < 1.29 is 9.53 Å². The van der Waals surface area contributed by atoms with Gasteiger partial charge in [0.1, 0.15) is 5.82 Å². The van der Waals surface area contributed by atoms with Crippen molar-refractivity contribution in [2.75, 3.05) is 31.7 Å². The molecule has 1 amide bonds. The van der Waals surface area contributed by atoms with Gasteiger partial charge in [-0.15, -0.1) is 0 Å². The molecule has 1 aliphatic carbocycles. The molecule has 1 spiro atoms. The van der Waals surface area contributed by atoms with Crippen LogP contribution in [0.15, 0.2) is 16.8 Å². The van der Waals surface area contributed by atoms with Crippen LogP contribution in [0, 0.1) is 5.41 Å². The number of piperidine rings is 1. The van der Waals surface area contributed by atoms with E-state index in [1.165, 1.54) is 17.1 Å². The smallest absolute Gasteiger partial charge is 0.220 e. The summed E-state index contributed by atoms with van der Waals surface area (Å²) in [6.45, 7) is 5.11. The van der Waals surface area contributed by atoms with E-state index in [9.17, 15) is 4.79 Å². The molecule has 4 rings (SSSR count). The lowest BCUT2D eigenvalue weighted by Crippen LogP contribution is -2.40. The Kier molecular flexibility index (Phi) is 5.48. The summed E-state index contributed by atoms with van der Waals surface area (Å²) in [6, 6.07) is 2.51. The Morgan fingerprint density at radius 3 is 2.93 bits per heavy atom. The molecule has 1 saturated heterocycles. The Hall–Kier alpha value is -1.51. The summed E-state index contributed by atoms with van der Waals surface area (Å²) < 4.78 is 9.55.